The van der Waals surface area contributed by atoms with E-state index in [0.717, 1.165) is 0 Å². The number of allylic oxidation sites excluding steroid dienone is 1. The number of para-hydroxylation sites is 1. The van der Waals surface area contributed by atoms with Gasteiger partial charge in [0.25, 0.3) is 11.6 Å². The summed E-state index contributed by atoms with van der Waals surface area (Å²) >= 11 is 5.29. The topological polar surface area (TPSA) is 157 Å². The zero-order chi connectivity index (χ0) is 29.5. The minimum Gasteiger partial charge on any atom is -0.483 e. The summed E-state index contributed by atoms with van der Waals surface area (Å²) in [5, 5.41) is 21.5. The van der Waals surface area contributed by atoms with Crippen molar-refractivity contribution in [3.8, 4) is 17.1 Å². The largest absolute Gasteiger partial charge is 0.483 e. The van der Waals surface area contributed by atoms with Gasteiger partial charge >= 0.3 is 5.97 Å². The van der Waals surface area contributed by atoms with Crippen molar-refractivity contribution < 1.29 is 28.4 Å². The molecule has 13 heteroatoms. The van der Waals surface area contributed by atoms with Crippen molar-refractivity contribution in [2.24, 2.45) is 5.10 Å². The molecule has 0 fully saturated rings. The number of hydrogen-bond donors (Lipinski definition) is 3. The first kappa shape index (κ1) is 29.0. The molecule has 3 aromatic rings. The van der Waals surface area contributed by atoms with Crippen LogP contribution in [-0.4, -0.2) is 41.3 Å². The fraction of sp³-hybridized carbons (Fsp3) is 0.214. The molecule has 212 valence electrons. The molecular formula is C28H27N5O7S. The zero-order valence-corrected chi connectivity index (χ0v) is 23.2. The van der Waals surface area contributed by atoms with Crippen molar-refractivity contribution in [2.45, 2.75) is 26.8 Å². The van der Waals surface area contributed by atoms with E-state index < -0.39 is 22.8 Å². The Balaban J connectivity index is 1.40. The summed E-state index contributed by atoms with van der Waals surface area (Å²) in [6, 6.07) is 14.4. The quantitative estimate of drug-likeness (QED) is 0.106. The van der Waals surface area contributed by atoms with Crippen molar-refractivity contribution in [3.63, 3.8) is 0 Å². The highest BCUT2D eigenvalue weighted by atomic mass is 32.1. The smallest absolute Gasteiger partial charge is 0.338 e. The van der Waals surface area contributed by atoms with Gasteiger partial charge in [-0.2, -0.15) is 5.10 Å². The van der Waals surface area contributed by atoms with Crippen LogP contribution in [0.3, 0.4) is 0 Å². The Labute approximate surface area is 240 Å². The molecule has 3 N–H and O–H groups in total. The summed E-state index contributed by atoms with van der Waals surface area (Å²) in [4.78, 5) is 35.9. The molecule has 0 saturated heterocycles. The maximum atomic E-state index is 12.7. The number of nitro benzene ring substituents is 1. The molecule has 2 aromatic carbocycles. The first-order chi connectivity index (χ1) is 19.7. The van der Waals surface area contributed by atoms with Crippen molar-refractivity contribution in [1.82, 2.24) is 16.1 Å². The van der Waals surface area contributed by atoms with Crippen LogP contribution >= 0.6 is 12.2 Å². The number of thiocarbonyl (C=S) groups is 1. The molecule has 0 aliphatic carbocycles. The van der Waals surface area contributed by atoms with Crippen LogP contribution in [0.15, 0.2) is 75.4 Å². The number of nitrogens with zero attached hydrogens (tertiary/aromatic N) is 2. The number of aryl methyl sites for hydroxylation is 1. The monoisotopic (exact) mass is 577 g/mol. The van der Waals surface area contributed by atoms with Crippen LogP contribution in [0.1, 0.15) is 36.8 Å². The molecule has 41 heavy (non-hydrogen) atoms. The summed E-state index contributed by atoms with van der Waals surface area (Å²) < 4.78 is 16.7. The predicted molar refractivity (Wildman–Crippen MR) is 154 cm³/mol. The second-order valence-corrected chi connectivity index (χ2v) is 9.28. The van der Waals surface area contributed by atoms with E-state index >= 15 is 0 Å². The summed E-state index contributed by atoms with van der Waals surface area (Å²) in [5.74, 6) is 0.0742. The second kappa shape index (κ2) is 12.9. The summed E-state index contributed by atoms with van der Waals surface area (Å²) in [6.45, 7) is 4.95. The summed E-state index contributed by atoms with van der Waals surface area (Å²) in [7, 11) is 0. The Morgan fingerprint density at radius 1 is 1.20 bits per heavy atom. The fourth-order valence-electron chi connectivity index (χ4n) is 4.14. The lowest BCUT2D eigenvalue weighted by atomic mass is 9.95. The molecule has 1 atom stereocenters. The number of hydrazone groups is 1. The number of esters is 1. The van der Waals surface area contributed by atoms with Crippen molar-refractivity contribution in [3.05, 3.63) is 92.9 Å². The number of furan rings is 1. The minimum absolute atomic E-state index is 0.00938. The molecule has 1 amide bonds. The van der Waals surface area contributed by atoms with Crippen molar-refractivity contribution in [1.29, 1.82) is 0 Å². The van der Waals surface area contributed by atoms with E-state index in [1.54, 1.807) is 69.3 Å². The molecule has 1 aliphatic rings. The van der Waals surface area contributed by atoms with E-state index in [9.17, 15) is 19.7 Å². The van der Waals surface area contributed by atoms with E-state index in [0.29, 0.717) is 50.3 Å². The van der Waals surface area contributed by atoms with Gasteiger partial charge in [0, 0.05) is 28.5 Å². The van der Waals surface area contributed by atoms with Gasteiger partial charge in [-0.1, -0.05) is 30.3 Å². The van der Waals surface area contributed by atoms with Crippen LogP contribution in [-0.2, 0) is 14.3 Å². The van der Waals surface area contributed by atoms with E-state index in [1.165, 1.54) is 12.3 Å². The van der Waals surface area contributed by atoms with Gasteiger partial charge in [-0.15, -0.1) is 0 Å². The molecule has 0 spiro atoms. The number of rotatable bonds is 10. The summed E-state index contributed by atoms with van der Waals surface area (Å²) in [5.41, 5.74) is 4.94. The number of amides is 1. The average Bonchev–Trinajstić information content (AvgIpc) is 3.40. The van der Waals surface area contributed by atoms with Gasteiger partial charge in [-0.05, 0) is 51.2 Å². The first-order valence-corrected chi connectivity index (χ1v) is 12.9. The van der Waals surface area contributed by atoms with Crippen molar-refractivity contribution >= 4 is 41.1 Å². The van der Waals surface area contributed by atoms with Gasteiger partial charge in [-0.25, -0.2) is 10.2 Å². The first-order valence-electron chi connectivity index (χ1n) is 12.5. The molecule has 12 nitrogen and oxygen atoms in total. The molecule has 0 saturated carbocycles. The van der Waals surface area contributed by atoms with Crippen LogP contribution in [0.5, 0.6) is 5.75 Å². The highest BCUT2D eigenvalue weighted by Gasteiger charge is 2.32. The van der Waals surface area contributed by atoms with Gasteiger partial charge in [0.2, 0.25) is 0 Å². The lowest BCUT2D eigenvalue weighted by Gasteiger charge is -2.30. The van der Waals surface area contributed by atoms with Gasteiger partial charge in [0.1, 0.15) is 17.3 Å². The van der Waals surface area contributed by atoms with Gasteiger partial charge in [0.05, 0.1) is 29.4 Å². The maximum Gasteiger partial charge on any atom is 0.338 e. The highest BCUT2D eigenvalue weighted by Crippen LogP contribution is 2.33. The van der Waals surface area contributed by atoms with Gasteiger partial charge < -0.3 is 24.5 Å². The third kappa shape index (κ3) is 6.94. The Kier molecular flexibility index (Phi) is 9.09. The predicted octanol–water partition coefficient (Wildman–Crippen LogP) is 4.05. The van der Waals surface area contributed by atoms with Gasteiger partial charge in [0.15, 0.2) is 11.7 Å². The lowest BCUT2D eigenvalue weighted by molar-refractivity contribution is -0.385. The van der Waals surface area contributed by atoms with E-state index in [1.807, 2.05) is 0 Å². The zero-order valence-electron chi connectivity index (χ0n) is 22.4. The molecule has 0 bridgehead atoms. The normalized spacial score (nSPS) is 14.8. The molecule has 1 aromatic heterocycles. The van der Waals surface area contributed by atoms with Crippen molar-refractivity contribution in [2.75, 3.05) is 13.2 Å². The van der Waals surface area contributed by atoms with Crippen LogP contribution in [0.25, 0.3) is 11.3 Å². The van der Waals surface area contributed by atoms with Crippen LogP contribution in [0.4, 0.5) is 5.69 Å². The molecule has 4 rings (SSSR count). The molecule has 1 aliphatic heterocycles. The number of nitro groups is 1. The Morgan fingerprint density at radius 2 is 1.98 bits per heavy atom. The SMILES string of the molecule is CCOC(=O)C1=C(C)NC(=S)N[C@@H]1c1ccccc1OCC(=O)NN=Cc1ccc(-c2ccc(C)c([N+](=O)[O-])c2)o1. The molecule has 0 radical (unpaired) electrons. The lowest BCUT2D eigenvalue weighted by Crippen LogP contribution is -2.45. The average molecular weight is 578 g/mol. The van der Waals surface area contributed by atoms with Crippen LogP contribution in [0.2, 0.25) is 0 Å². The minimum atomic E-state index is -0.650. The molecular weight excluding hydrogens is 550 g/mol. The van der Waals surface area contributed by atoms with E-state index in [2.05, 4.69) is 21.2 Å². The van der Waals surface area contributed by atoms with E-state index in [-0.39, 0.29) is 18.9 Å². The number of carbonyl (C=O) groups is 2. The Hall–Kier alpha value is -5.04. The Bertz CT molecular complexity index is 1560. The third-order valence-electron chi connectivity index (χ3n) is 6.05. The van der Waals surface area contributed by atoms with Gasteiger partial charge in [-0.3, -0.25) is 14.9 Å². The highest BCUT2D eigenvalue weighted by molar-refractivity contribution is 7.80. The fourth-order valence-corrected chi connectivity index (χ4v) is 4.41. The van der Waals surface area contributed by atoms with Crippen LogP contribution in [0, 0.1) is 17.0 Å². The number of carbonyl (C=O) groups excluding carboxylic acids is 2. The number of nitrogens with one attached hydrogen (secondary N) is 3. The number of benzene rings is 2. The number of ether oxygens (including phenoxy) is 2. The summed E-state index contributed by atoms with van der Waals surface area (Å²) in [6.07, 6.45) is 1.30. The number of hydrogen-bond acceptors (Lipinski definition) is 9. The standard InChI is InChI=1S/C28H27N5O7S/c1-4-38-27(35)25-17(3)30-28(41)31-26(25)20-7-5-6-8-23(20)39-15-24(34)32-29-14-19-11-12-22(40-19)18-10-9-16(2)21(13-18)33(36)37/h5-14,26H,4,15H2,1-3H3,(H,32,34)(H2,30,31,41)/t26-/m1/s1. The molecule has 0 unspecified atom stereocenters. The third-order valence-corrected chi connectivity index (χ3v) is 6.27. The maximum absolute atomic E-state index is 12.7. The second-order valence-electron chi connectivity index (χ2n) is 8.87. The van der Waals surface area contributed by atoms with Crippen LogP contribution < -0.4 is 20.8 Å². The van der Waals surface area contributed by atoms with E-state index in [4.69, 9.17) is 26.1 Å². The molecule has 2 heterocycles. The Morgan fingerprint density at radius 3 is 2.73 bits per heavy atom.